The van der Waals surface area contributed by atoms with Gasteiger partial charge in [-0.1, -0.05) is 29.8 Å². The number of benzene rings is 1. The second-order valence-corrected chi connectivity index (χ2v) is 3.70. The molecule has 2 rings (SSSR count). The Morgan fingerprint density at radius 1 is 1.43 bits per heavy atom. The fraction of sp³-hybridized carbons (Fsp3) is 0.455. The van der Waals surface area contributed by atoms with Gasteiger partial charge in [0.25, 0.3) is 0 Å². The van der Waals surface area contributed by atoms with Crippen molar-refractivity contribution in [2.45, 2.75) is 25.5 Å². The maximum absolute atomic E-state index is 9.67. The Morgan fingerprint density at radius 2 is 2.21 bits per heavy atom. The van der Waals surface area contributed by atoms with E-state index in [4.69, 9.17) is 0 Å². The molecule has 2 unspecified atom stereocenters. The molecule has 2 nitrogen and oxygen atoms in total. The Hall–Kier alpha value is -0.570. The van der Waals surface area contributed by atoms with Crippen molar-refractivity contribution in [3.63, 3.8) is 0 Å². The van der Waals surface area contributed by atoms with Crippen molar-refractivity contribution in [2.75, 3.05) is 6.54 Å². The molecule has 78 valence electrons. The van der Waals surface area contributed by atoms with Crippen LogP contribution in [0.2, 0.25) is 0 Å². The van der Waals surface area contributed by atoms with Gasteiger partial charge in [-0.15, -0.1) is 12.4 Å². The van der Waals surface area contributed by atoms with Crippen molar-refractivity contribution in [3.8, 4) is 0 Å². The first-order chi connectivity index (χ1) is 6.27. The second-order valence-electron chi connectivity index (χ2n) is 3.70. The van der Waals surface area contributed by atoms with Crippen LogP contribution in [0.4, 0.5) is 0 Å². The van der Waals surface area contributed by atoms with Gasteiger partial charge in [0.1, 0.15) is 0 Å². The predicted molar refractivity (Wildman–Crippen MR) is 59.8 cm³/mol. The summed E-state index contributed by atoms with van der Waals surface area (Å²) in [7, 11) is 0. The molecule has 1 aliphatic heterocycles. The first-order valence-corrected chi connectivity index (χ1v) is 4.75. The van der Waals surface area contributed by atoms with E-state index < -0.39 is 0 Å². The summed E-state index contributed by atoms with van der Waals surface area (Å²) in [5, 5.41) is 13.0. The fourth-order valence-electron chi connectivity index (χ4n) is 1.89. The van der Waals surface area contributed by atoms with Gasteiger partial charge in [0, 0.05) is 0 Å². The van der Waals surface area contributed by atoms with Gasteiger partial charge in [-0.25, -0.2) is 0 Å². The molecular weight excluding hydrogens is 198 g/mol. The van der Waals surface area contributed by atoms with Crippen LogP contribution in [-0.4, -0.2) is 17.8 Å². The summed E-state index contributed by atoms with van der Waals surface area (Å²) >= 11 is 0. The zero-order chi connectivity index (χ0) is 9.26. The van der Waals surface area contributed by atoms with E-state index in [1.807, 2.05) is 6.07 Å². The lowest BCUT2D eigenvalue weighted by molar-refractivity contribution is 0.160. The van der Waals surface area contributed by atoms with Gasteiger partial charge < -0.3 is 10.4 Å². The van der Waals surface area contributed by atoms with E-state index in [9.17, 15) is 5.11 Å². The monoisotopic (exact) mass is 213 g/mol. The molecule has 1 aliphatic rings. The first kappa shape index (κ1) is 11.5. The van der Waals surface area contributed by atoms with Gasteiger partial charge in [0.05, 0.1) is 12.1 Å². The third-order valence-corrected chi connectivity index (χ3v) is 2.59. The van der Waals surface area contributed by atoms with Crippen molar-refractivity contribution in [2.24, 2.45) is 0 Å². The number of hydrogen-bond acceptors (Lipinski definition) is 2. The van der Waals surface area contributed by atoms with Crippen LogP contribution >= 0.6 is 12.4 Å². The van der Waals surface area contributed by atoms with Gasteiger partial charge in [-0.05, 0) is 25.5 Å². The maximum atomic E-state index is 9.67. The van der Waals surface area contributed by atoms with Crippen molar-refractivity contribution >= 4 is 12.4 Å². The quantitative estimate of drug-likeness (QED) is 0.746. The van der Waals surface area contributed by atoms with Crippen molar-refractivity contribution in [1.29, 1.82) is 0 Å². The number of halogens is 1. The van der Waals surface area contributed by atoms with Crippen LogP contribution in [-0.2, 0) is 0 Å². The number of aryl methyl sites for hydroxylation is 1. The minimum atomic E-state index is -0.221. The molecule has 0 saturated carbocycles. The highest BCUT2D eigenvalue weighted by Crippen LogP contribution is 2.23. The highest BCUT2D eigenvalue weighted by molar-refractivity contribution is 5.85. The molecule has 2 N–H and O–H groups in total. The molecule has 1 heterocycles. The van der Waals surface area contributed by atoms with Crippen molar-refractivity contribution in [3.05, 3.63) is 35.4 Å². The van der Waals surface area contributed by atoms with Gasteiger partial charge >= 0.3 is 0 Å². The minimum absolute atomic E-state index is 0. The summed E-state index contributed by atoms with van der Waals surface area (Å²) in [6, 6.07) is 8.45. The first-order valence-electron chi connectivity index (χ1n) is 4.75. The average Bonchev–Trinajstić information content (AvgIpc) is 2.51. The Balaban J connectivity index is 0.000000980. The van der Waals surface area contributed by atoms with Crippen LogP contribution in [0.3, 0.4) is 0 Å². The Morgan fingerprint density at radius 3 is 2.79 bits per heavy atom. The minimum Gasteiger partial charge on any atom is -0.391 e. The molecule has 2 atom stereocenters. The topological polar surface area (TPSA) is 32.3 Å². The molecule has 1 saturated heterocycles. The molecule has 0 aliphatic carbocycles. The van der Waals surface area contributed by atoms with Crippen molar-refractivity contribution in [1.82, 2.24) is 5.32 Å². The number of rotatable bonds is 1. The number of hydrogen-bond donors (Lipinski definition) is 2. The Kier molecular flexibility index (Phi) is 3.93. The van der Waals surface area contributed by atoms with Crippen LogP contribution in [0, 0.1) is 6.92 Å². The lowest BCUT2D eigenvalue weighted by atomic mass is 10.0. The number of nitrogens with one attached hydrogen (secondary N) is 1. The van der Waals surface area contributed by atoms with E-state index >= 15 is 0 Å². The average molecular weight is 214 g/mol. The molecule has 3 heteroatoms. The molecule has 1 fully saturated rings. The van der Waals surface area contributed by atoms with E-state index in [2.05, 4.69) is 30.4 Å². The molecule has 0 spiro atoms. The summed E-state index contributed by atoms with van der Waals surface area (Å²) in [5.41, 5.74) is 2.45. The second kappa shape index (κ2) is 4.78. The van der Waals surface area contributed by atoms with Crippen LogP contribution in [0.15, 0.2) is 24.3 Å². The Labute approximate surface area is 90.7 Å². The SMILES string of the molecule is Cc1cccc(C2NCCC2O)c1.Cl. The lowest BCUT2D eigenvalue weighted by Crippen LogP contribution is -2.20. The molecule has 14 heavy (non-hydrogen) atoms. The smallest absolute Gasteiger partial charge is 0.0747 e. The van der Waals surface area contributed by atoms with Crippen LogP contribution < -0.4 is 5.32 Å². The largest absolute Gasteiger partial charge is 0.391 e. The van der Waals surface area contributed by atoms with Crippen LogP contribution in [0.25, 0.3) is 0 Å². The van der Waals surface area contributed by atoms with E-state index in [0.29, 0.717) is 0 Å². The van der Waals surface area contributed by atoms with E-state index in [1.165, 1.54) is 11.1 Å². The highest BCUT2D eigenvalue weighted by atomic mass is 35.5. The summed E-state index contributed by atoms with van der Waals surface area (Å²) in [4.78, 5) is 0. The molecular formula is C11H16ClNO. The third kappa shape index (κ3) is 2.27. The maximum Gasteiger partial charge on any atom is 0.0747 e. The summed E-state index contributed by atoms with van der Waals surface area (Å²) in [5.74, 6) is 0. The van der Waals surface area contributed by atoms with Gasteiger partial charge in [-0.2, -0.15) is 0 Å². The molecule has 0 amide bonds. The third-order valence-electron chi connectivity index (χ3n) is 2.59. The summed E-state index contributed by atoms with van der Waals surface area (Å²) in [6.07, 6.45) is 0.639. The summed E-state index contributed by atoms with van der Waals surface area (Å²) in [6.45, 7) is 2.99. The highest BCUT2D eigenvalue weighted by Gasteiger charge is 2.25. The zero-order valence-corrected chi connectivity index (χ0v) is 9.05. The van der Waals surface area contributed by atoms with E-state index in [1.54, 1.807) is 0 Å². The zero-order valence-electron chi connectivity index (χ0n) is 8.23. The van der Waals surface area contributed by atoms with E-state index in [-0.39, 0.29) is 24.6 Å². The molecule has 1 aromatic carbocycles. The fourth-order valence-corrected chi connectivity index (χ4v) is 1.89. The van der Waals surface area contributed by atoms with Gasteiger partial charge in [0.15, 0.2) is 0 Å². The van der Waals surface area contributed by atoms with Crippen molar-refractivity contribution < 1.29 is 5.11 Å². The summed E-state index contributed by atoms with van der Waals surface area (Å²) < 4.78 is 0. The van der Waals surface area contributed by atoms with Crippen LogP contribution in [0.5, 0.6) is 0 Å². The molecule has 0 aromatic heterocycles. The predicted octanol–water partition coefficient (Wildman–Crippen LogP) is 1.81. The lowest BCUT2D eigenvalue weighted by Gasteiger charge is -2.15. The number of aliphatic hydroxyl groups is 1. The standard InChI is InChI=1S/C11H15NO.ClH/c1-8-3-2-4-9(7-8)11-10(13)5-6-12-11;/h2-4,7,10-13H,5-6H2,1H3;1H. The van der Waals surface area contributed by atoms with Gasteiger partial charge in [0.2, 0.25) is 0 Å². The van der Waals surface area contributed by atoms with E-state index in [0.717, 1.165) is 13.0 Å². The Bertz CT molecular complexity index is 303. The van der Waals surface area contributed by atoms with Gasteiger partial charge in [-0.3, -0.25) is 0 Å². The molecule has 0 radical (unpaired) electrons. The molecule has 1 aromatic rings. The number of aliphatic hydroxyl groups excluding tert-OH is 1. The van der Waals surface area contributed by atoms with Crippen LogP contribution in [0.1, 0.15) is 23.6 Å². The normalized spacial score (nSPS) is 25.9. The molecule has 0 bridgehead atoms.